The van der Waals surface area contributed by atoms with Crippen LogP contribution in [0.15, 0.2) is 85.2 Å². The number of pyridine rings is 2. The minimum Gasteiger partial charge on any atom is -0.381 e. The Bertz CT molecular complexity index is 1910. The van der Waals surface area contributed by atoms with Crippen LogP contribution >= 0.6 is 0 Å². The molecule has 4 aliphatic heterocycles. The second kappa shape index (κ2) is 14.5. The van der Waals surface area contributed by atoms with Gasteiger partial charge in [-0.05, 0) is 122 Å². The van der Waals surface area contributed by atoms with Gasteiger partial charge in [0.15, 0.2) is 0 Å². The number of hydrogen-bond acceptors (Lipinski definition) is 5. The van der Waals surface area contributed by atoms with Crippen LogP contribution in [0.2, 0.25) is 0 Å². The largest absolute Gasteiger partial charge is 0.381 e. The van der Waals surface area contributed by atoms with Gasteiger partial charge in [0.05, 0.1) is 12.1 Å². The third-order valence-electron chi connectivity index (χ3n) is 11.3. The molecule has 8 rings (SSSR count). The summed E-state index contributed by atoms with van der Waals surface area (Å²) in [5.74, 6) is 11.7. The van der Waals surface area contributed by atoms with Crippen molar-refractivity contribution in [2.24, 2.45) is 10.8 Å². The Balaban J connectivity index is 1.16. The van der Waals surface area contributed by atoms with E-state index in [-0.39, 0.29) is 28.5 Å². The number of rotatable bonds is 2. The van der Waals surface area contributed by atoms with Crippen molar-refractivity contribution in [1.82, 2.24) is 19.8 Å². The highest BCUT2D eigenvalue weighted by Crippen LogP contribution is 2.53. The van der Waals surface area contributed by atoms with Crippen molar-refractivity contribution in [1.29, 1.82) is 0 Å². The van der Waals surface area contributed by atoms with Crippen LogP contribution < -0.4 is 0 Å². The quantitative estimate of drug-likeness (QED) is 0.204. The Labute approximate surface area is 303 Å². The van der Waals surface area contributed by atoms with Gasteiger partial charge in [0.1, 0.15) is 23.0 Å². The number of hydrogen-bond donors (Lipinski definition) is 0. The van der Waals surface area contributed by atoms with Crippen LogP contribution in [-0.2, 0) is 9.47 Å². The normalized spacial score (nSPS) is 21.7. The first kappa shape index (κ1) is 34.0. The predicted octanol–water partition coefficient (Wildman–Crippen LogP) is 7.46. The fourth-order valence-corrected chi connectivity index (χ4v) is 8.47. The summed E-state index contributed by atoms with van der Waals surface area (Å²) < 4.78 is 43.4. The van der Waals surface area contributed by atoms with E-state index >= 15 is 13.6 Å². The summed E-state index contributed by atoms with van der Waals surface area (Å²) in [6.07, 6.45) is 7.72. The monoisotopic (exact) mass is 698 g/mol. The molecule has 9 heteroatoms. The molecule has 52 heavy (non-hydrogen) atoms. The van der Waals surface area contributed by atoms with Gasteiger partial charge in [-0.2, -0.15) is 0 Å². The minimum atomic E-state index is -0.519. The van der Waals surface area contributed by atoms with Gasteiger partial charge >= 0.3 is 6.03 Å². The Morgan fingerprint density at radius 1 is 0.635 bits per heavy atom. The van der Waals surface area contributed by atoms with Gasteiger partial charge in [-0.25, -0.2) is 23.5 Å². The molecule has 0 N–H and O–H groups in total. The molecule has 6 heterocycles. The molecule has 264 valence electrons. The van der Waals surface area contributed by atoms with Crippen molar-refractivity contribution in [2.45, 2.75) is 50.6 Å². The van der Waals surface area contributed by atoms with Gasteiger partial charge in [0, 0.05) is 74.2 Å². The first-order chi connectivity index (χ1) is 25.4. The molecule has 2 aromatic carbocycles. The lowest BCUT2D eigenvalue weighted by Gasteiger charge is -2.36. The Morgan fingerprint density at radius 2 is 1.08 bits per heavy atom. The number of carbonyl (C=O) groups is 1. The lowest BCUT2D eigenvalue weighted by atomic mass is 9.77. The molecule has 0 saturated carbocycles. The van der Waals surface area contributed by atoms with Gasteiger partial charge in [-0.1, -0.05) is 24.0 Å². The molecule has 0 aliphatic carbocycles. The molecule has 2 unspecified atom stereocenters. The molecule has 2 atom stereocenters. The first-order valence-electron chi connectivity index (χ1n) is 18.1. The van der Waals surface area contributed by atoms with Crippen molar-refractivity contribution in [3.8, 4) is 23.7 Å². The van der Waals surface area contributed by atoms with Crippen molar-refractivity contribution < 1.29 is 23.0 Å². The molecule has 7 nitrogen and oxygen atoms in total. The zero-order chi connectivity index (χ0) is 35.5. The molecule has 4 aliphatic rings. The second-order valence-electron chi connectivity index (χ2n) is 14.6. The van der Waals surface area contributed by atoms with Crippen LogP contribution in [0.5, 0.6) is 0 Å². The van der Waals surface area contributed by atoms with Crippen LogP contribution in [0.4, 0.5) is 13.6 Å². The molecular weight excluding hydrogens is 658 g/mol. The third-order valence-corrected chi connectivity index (χ3v) is 11.3. The van der Waals surface area contributed by atoms with E-state index < -0.39 is 12.1 Å². The highest BCUT2D eigenvalue weighted by atomic mass is 19.1. The lowest BCUT2D eigenvalue weighted by molar-refractivity contribution is 0.0174. The van der Waals surface area contributed by atoms with Gasteiger partial charge < -0.3 is 19.3 Å². The molecule has 4 saturated heterocycles. The zero-order valence-electron chi connectivity index (χ0n) is 29.0. The highest BCUT2D eigenvalue weighted by molar-refractivity contribution is 5.77. The van der Waals surface area contributed by atoms with Crippen molar-refractivity contribution >= 4 is 6.03 Å². The van der Waals surface area contributed by atoms with E-state index in [1.165, 1.54) is 12.1 Å². The van der Waals surface area contributed by atoms with Gasteiger partial charge in [-0.3, -0.25) is 0 Å². The number of nitrogens with zero attached hydrogens (tertiary/aromatic N) is 4. The Hall–Kier alpha value is -5.09. The molecule has 0 radical (unpaired) electrons. The maximum absolute atomic E-state index is 16.0. The second-order valence-corrected chi connectivity index (χ2v) is 14.6. The van der Waals surface area contributed by atoms with Crippen LogP contribution in [0.1, 0.15) is 84.3 Å². The number of amides is 2. The summed E-state index contributed by atoms with van der Waals surface area (Å²) >= 11 is 0. The SMILES string of the molecule is O=C(N1CC2(CCOCC2)CC1c1cc(C#Cc2ccccn2)ccc1F)N1CC2(CCOCC2)CC1c1cc(C#Cc2ccccn2)ccc1F. The number of likely N-dealkylation sites (tertiary alicyclic amines) is 2. The summed E-state index contributed by atoms with van der Waals surface area (Å²) in [6.45, 7) is 3.33. The number of urea groups is 1. The topological polar surface area (TPSA) is 67.8 Å². The predicted molar refractivity (Wildman–Crippen MR) is 192 cm³/mol. The summed E-state index contributed by atoms with van der Waals surface area (Å²) in [4.78, 5) is 27.4. The number of halogens is 2. The maximum atomic E-state index is 16.0. The lowest BCUT2D eigenvalue weighted by Crippen LogP contribution is -2.45. The van der Waals surface area contributed by atoms with E-state index in [2.05, 4.69) is 33.6 Å². The summed E-state index contributed by atoms with van der Waals surface area (Å²) in [5.41, 5.74) is 3.00. The van der Waals surface area contributed by atoms with E-state index in [1.807, 2.05) is 46.2 Å². The van der Waals surface area contributed by atoms with E-state index in [0.29, 0.717) is 86.0 Å². The fourth-order valence-electron chi connectivity index (χ4n) is 8.47. The maximum Gasteiger partial charge on any atom is 0.321 e. The van der Waals surface area contributed by atoms with Gasteiger partial charge in [0.25, 0.3) is 0 Å². The molecule has 4 fully saturated rings. The number of ether oxygens (including phenoxy) is 2. The third kappa shape index (κ3) is 7.04. The zero-order valence-corrected chi connectivity index (χ0v) is 29.0. The van der Waals surface area contributed by atoms with Crippen LogP contribution in [0, 0.1) is 46.1 Å². The number of benzene rings is 2. The fraction of sp³-hybridized carbons (Fsp3) is 0.372. The highest BCUT2D eigenvalue weighted by Gasteiger charge is 2.53. The average molecular weight is 699 g/mol. The van der Waals surface area contributed by atoms with E-state index in [4.69, 9.17) is 9.47 Å². The Morgan fingerprint density at radius 3 is 1.48 bits per heavy atom. The van der Waals surface area contributed by atoms with Crippen molar-refractivity contribution in [2.75, 3.05) is 39.5 Å². The summed E-state index contributed by atoms with van der Waals surface area (Å²) in [5, 5.41) is 0. The number of carbonyl (C=O) groups excluding carboxylic acids is 1. The average Bonchev–Trinajstić information content (AvgIpc) is 3.73. The first-order valence-corrected chi connectivity index (χ1v) is 18.1. The molecule has 4 aromatic rings. The molecule has 2 spiro atoms. The standard InChI is InChI=1S/C43H40F2N4O3/c44-37-13-9-31(7-11-33-5-1-3-19-46-33)25-35(37)39-27-42(15-21-51-22-16-42)29-48(39)41(50)49-30-43(17-23-52-24-18-43)28-40(49)36-26-32(10-14-38(36)45)8-12-34-6-2-4-20-47-34/h1-6,9-10,13-14,19-20,25-26,39-40H,15-18,21-24,27-30H2. The van der Waals surface area contributed by atoms with Crippen LogP contribution in [-0.4, -0.2) is 65.3 Å². The summed E-state index contributed by atoms with van der Waals surface area (Å²) in [7, 11) is 0. The van der Waals surface area contributed by atoms with Crippen LogP contribution in [0.3, 0.4) is 0 Å². The van der Waals surface area contributed by atoms with E-state index in [1.54, 1.807) is 36.7 Å². The van der Waals surface area contributed by atoms with Crippen molar-refractivity contribution in [3.05, 3.63) is 130 Å². The van der Waals surface area contributed by atoms with Crippen molar-refractivity contribution in [3.63, 3.8) is 0 Å². The Kier molecular flexibility index (Phi) is 9.49. The molecule has 2 amide bonds. The van der Waals surface area contributed by atoms with E-state index in [9.17, 15) is 0 Å². The summed E-state index contributed by atoms with van der Waals surface area (Å²) in [6, 6.07) is 19.6. The van der Waals surface area contributed by atoms with Gasteiger partial charge in [-0.15, -0.1) is 0 Å². The van der Waals surface area contributed by atoms with Crippen LogP contribution in [0.25, 0.3) is 0 Å². The molecule has 2 aromatic heterocycles. The smallest absolute Gasteiger partial charge is 0.321 e. The van der Waals surface area contributed by atoms with Gasteiger partial charge in [0.2, 0.25) is 0 Å². The number of aromatic nitrogens is 2. The minimum absolute atomic E-state index is 0.199. The molecular formula is C43H40F2N4O3. The van der Waals surface area contributed by atoms with E-state index in [0.717, 1.165) is 25.7 Å². The molecule has 0 bridgehead atoms.